The highest BCUT2D eigenvalue weighted by Crippen LogP contribution is 2.29. The van der Waals surface area contributed by atoms with Gasteiger partial charge in [0.25, 0.3) is 5.91 Å². The van der Waals surface area contributed by atoms with Crippen molar-refractivity contribution in [3.05, 3.63) is 42.4 Å². The van der Waals surface area contributed by atoms with Gasteiger partial charge in [-0.25, -0.2) is 9.78 Å². The number of benzene rings is 1. The Balaban J connectivity index is 1.59. The number of nitrogens with zero attached hydrogens (tertiary/aromatic N) is 1. The van der Waals surface area contributed by atoms with E-state index < -0.39 is 18.5 Å². The van der Waals surface area contributed by atoms with Crippen molar-refractivity contribution >= 4 is 38.6 Å². The minimum atomic E-state index is -0.694. The Kier molecular flexibility index (Phi) is 4.76. The van der Waals surface area contributed by atoms with Gasteiger partial charge in [-0.3, -0.25) is 10.1 Å². The first-order chi connectivity index (χ1) is 11.7. The van der Waals surface area contributed by atoms with Crippen molar-refractivity contribution in [2.75, 3.05) is 18.5 Å². The first-order valence-electron chi connectivity index (χ1n) is 7.19. The number of nitrogens with one attached hydrogen (secondary N) is 1. The zero-order valence-electron chi connectivity index (χ0n) is 12.8. The fourth-order valence-electron chi connectivity index (χ4n) is 1.97. The fraction of sp³-hybridized carbons (Fsp3) is 0.188. The maximum absolute atomic E-state index is 11.9. The van der Waals surface area contributed by atoms with Gasteiger partial charge < -0.3 is 13.9 Å². The smallest absolute Gasteiger partial charge is 0.374 e. The molecule has 2 aromatic heterocycles. The molecule has 0 atom stereocenters. The van der Waals surface area contributed by atoms with E-state index in [1.807, 2.05) is 25.1 Å². The third-order valence-corrected chi connectivity index (χ3v) is 3.91. The van der Waals surface area contributed by atoms with E-state index in [1.165, 1.54) is 23.7 Å². The predicted molar refractivity (Wildman–Crippen MR) is 88.4 cm³/mol. The Morgan fingerprint density at radius 1 is 1.33 bits per heavy atom. The summed E-state index contributed by atoms with van der Waals surface area (Å²) in [5.41, 5.74) is 0.756. The molecule has 0 radical (unpaired) electrons. The van der Waals surface area contributed by atoms with Crippen molar-refractivity contribution in [2.45, 2.75) is 6.92 Å². The van der Waals surface area contributed by atoms with Crippen LogP contribution in [0.4, 0.5) is 5.13 Å². The number of furan rings is 1. The summed E-state index contributed by atoms with van der Waals surface area (Å²) in [7, 11) is 0. The van der Waals surface area contributed by atoms with Crippen LogP contribution in [0.2, 0.25) is 0 Å². The van der Waals surface area contributed by atoms with Gasteiger partial charge in [-0.05, 0) is 37.3 Å². The molecule has 0 saturated heterocycles. The number of aromatic nitrogens is 1. The molecule has 0 unspecified atom stereocenters. The SMILES string of the molecule is CCOc1ccc2nc(NC(=O)COC(=O)c3ccco3)sc2c1. The van der Waals surface area contributed by atoms with Crippen molar-refractivity contribution in [3.63, 3.8) is 0 Å². The molecule has 8 heteroatoms. The normalized spacial score (nSPS) is 10.5. The number of hydrogen-bond donors (Lipinski definition) is 1. The number of esters is 1. The van der Waals surface area contributed by atoms with Crippen molar-refractivity contribution in [1.82, 2.24) is 4.98 Å². The van der Waals surface area contributed by atoms with Crippen molar-refractivity contribution in [3.8, 4) is 5.75 Å². The lowest BCUT2D eigenvalue weighted by Crippen LogP contribution is -2.20. The number of hydrogen-bond acceptors (Lipinski definition) is 7. The van der Waals surface area contributed by atoms with Crippen LogP contribution in [-0.4, -0.2) is 30.1 Å². The number of ether oxygens (including phenoxy) is 2. The molecule has 1 N–H and O–H groups in total. The predicted octanol–water partition coefficient (Wildman–Crippen LogP) is 3.08. The van der Waals surface area contributed by atoms with Crippen LogP contribution in [0.15, 0.2) is 41.0 Å². The van der Waals surface area contributed by atoms with Crippen LogP contribution in [0.1, 0.15) is 17.5 Å². The Morgan fingerprint density at radius 3 is 2.96 bits per heavy atom. The van der Waals surface area contributed by atoms with Gasteiger partial charge in [0, 0.05) is 0 Å². The molecule has 0 bridgehead atoms. The summed E-state index contributed by atoms with van der Waals surface area (Å²) < 4.78 is 16.1. The topological polar surface area (TPSA) is 90.7 Å². The molecule has 0 aliphatic rings. The molecule has 0 aliphatic carbocycles. The van der Waals surface area contributed by atoms with Gasteiger partial charge in [0.2, 0.25) is 5.76 Å². The number of carbonyl (C=O) groups excluding carboxylic acids is 2. The van der Waals surface area contributed by atoms with E-state index in [4.69, 9.17) is 13.9 Å². The monoisotopic (exact) mass is 346 g/mol. The fourth-order valence-corrected chi connectivity index (χ4v) is 2.88. The molecule has 24 heavy (non-hydrogen) atoms. The maximum Gasteiger partial charge on any atom is 0.374 e. The Labute approximate surface area is 141 Å². The second kappa shape index (κ2) is 7.14. The Morgan fingerprint density at radius 2 is 2.21 bits per heavy atom. The zero-order chi connectivity index (χ0) is 16.9. The Bertz CT molecular complexity index is 857. The molecular formula is C16H14N2O5S. The van der Waals surface area contributed by atoms with Crippen LogP contribution in [0.25, 0.3) is 10.2 Å². The summed E-state index contributed by atoms with van der Waals surface area (Å²) >= 11 is 1.32. The standard InChI is InChI=1S/C16H14N2O5S/c1-2-21-10-5-6-11-13(8-10)24-16(17-11)18-14(19)9-23-15(20)12-4-3-7-22-12/h3-8H,2,9H2,1H3,(H,17,18,19). The third kappa shape index (κ3) is 3.72. The molecule has 0 fully saturated rings. The zero-order valence-corrected chi connectivity index (χ0v) is 13.6. The highest BCUT2D eigenvalue weighted by molar-refractivity contribution is 7.22. The summed E-state index contributed by atoms with van der Waals surface area (Å²) in [6, 6.07) is 8.53. The van der Waals surface area contributed by atoms with Gasteiger partial charge >= 0.3 is 5.97 Å². The number of anilines is 1. The average Bonchev–Trinajstić information content (AvgIpc) is 3.21. The van der Waals surface area contributed by atoms with Gasteiger partial charge in [0.1, 0.15) is 5.75 Å². The first-order valence-corrected chi connectivity index (χ1v) is 8.01. The lowest BCUT2D eigenvalue weighted by atomic mass is 10.3. The summed E-state index contributed by atoms with van der Waals surface area (Å²) in [4.78, 5) is 27.7. The molecule has 2 heterocycles. The van der Waals surface area contributed by atoms with Crippen molar-refractivity contribution in [2.24, 2.45) is 0 Å². The van der Waals surface area contributed by atoms with Gasteiger partial charge in [-0.1, -0.05) is 11.3 Å². The number of rotatable bonds is 6. The highest BCUT2D eigenvalue weighted by atomic mass is 32.1. The number of carbonyl (C=O) groups is 2. The van der Waals surface area contributed by atoms with E-state index in [0.29, 0.717) is 11.7 Å². The molecule has 124 valence electrons. The summed E-state index contributed by atoms with van der Waals surface area (Å²) in [5.74, 6) is -0.370. The van der Waals surface area contributed by atoms with Crippen molar-refractivity contribution < 1.29 is 23.5 Å². The van der Waals surface area contributed by atoms with E-state index in [-0.39, 0.29) is 5.76 Å². The van der Waals surface area contributed by atoms with E-state index in [1.54, 1.807) is 6.07 Å². The second-order valence-corrected chi connectivity index (χ2v) is 5.71. The highest BCUT2D eigenvalue weighted by Gasteiger charge is 2.14. The van der Waals surface area contributed by atoms with Crippen LogP contribution in [-0.2, 0) is 9.53 Å². The van der Waals surface area contributed by atoms with Gasteiger partial charge in [-0.15, -0.1) is 0 Å². The lowest BCUT2D eigenvalue weighted by molar-refractivity contribution is -0.119. The number of thiazole rings is 1. The van der Waals surface area contributed by atoms with Crippen LogP contribution in [0.5, 0.6) is 5.75 Å². The second-order valence-electron chi connectivity index (χ2n) is 4.68. The van der Waals surface area contributed by atoms with E-state index in [0.717, 1.165) is 16.0 Å². The van der Waals surface area contributed by atoms with E-state index in [9.17, 15) is 9.59 Å². The summed E-state index contributed by atoms with van der Waals surface area (Å²) in [5, 5.41) is 3.03. The molecular weight excluding hydrogens is 332 g/mol. The molecule has 0 saturated carbocycles. The quantitative estimate of drug-likeness (QED) is 0.690. The molecule has 3 aromatic rings. The van der Waals surface area contributed by atoms with Crippen molar-refractivity contribution in [1.29, 1.82) is 0 Å². The molecule has 1 aromatic carbocycles. The van der Waals surface area contributed by atoms with Crippen LogP contribution < -0.4 is 10.1 Å². The van der Waals surface area contributed by atoms with Gasteiger partial charge in [-0.2, -0.15) is 0 Å². The summed E-state index contributed by atoms with van der Waals surface area (Å²) in [6.07, 6.45) is 1.36. The van der Waals surface area contributed by atoms with Crippen LogP contribution in [0, 0.1) is 0 Å². The largest absolute Gasteiger partial charge is 0.494 e. The van der Waals surface area contributed by atoms with E-state index >= 15 is 0 Å². The van der Waals surface area contributed by atoms with E-state index in [2.05, 4.69) is 10.3 Å². The number of amides is 1. The van der Waals surface area contributed by atoms with Crippen LogP contribution >= 0.6 is 11.3 Å². The lowest BCUT2D eigenvalue weighted by Gasteiger charge is -2.02. The molecule has 1 amide bonds. The van der Waals surface area contributed by atoms with Gasteiger partial charge in [0.15, 0.2) is 11.7 Å². The van der Waals surface area contributed by atoms with Gasteiger partial charge in [0.05, 0.1) is 23.1 Å². The van der Waals surface area contributed by atoms with Crippen LogP contribution in [0.3, 0.4) is 0 Å². The summed E-state index contributed by atoms with van der Waals surface area (Å²) in [6.45, 7) is 2.07. The molecule has 0 aliphatic heterocycles. The Hall–Kier alpha value is -2.87. The third-order valence-electron chi connectivity index (χ3n) is 2.97. The average molecular weight is 346 g/mol. The maximum atomic E-state index is 11.9. The first kappa shape index (κ1) is 16.0. The minimum Gasteiger partial charge on any atom is -0.494 e. The molecule has 3 rings (SSSR count). The molecule has 7 nitrogen and oxygen atoms in total. The number of fused-ring (bicyclic) bond motifs is 1. The minimum absolute atomic E-state index is 0.0474. The molecule has 0 spiro atoms.